The van der Waals surface area contributed by atoms with Gasteiger partial charge in [-0.05, 0) is 18.2 Å². The molecule has 1 aromatic heterocycles. The highest BCUT2D eigenvalue weighted by atomic mass is 19.3. The van der Waals surface area contributed by atoms with Gasteiger partial charge in [-0.25, -0.2) is 13.6 Å². The SMILES string of the molecule is Cn1nc(C(=O)O)cc1-c1cc2c(cc1C(C)(F)F)OCO2. The van der Waals surface area contributed by atoms with Crippen LogP contribution in [0.2, 0.25) is 0 Å². The zero-order chi connectivity index (χ0) is 16.1. The van der Waals surface area contributed by atoms with E-state index in [1.54, 1.807) is 0 Å². The lowest BCUT2D eigenvalue weighted by atomic mass is 9.98. The molecule has 0 amide bonds. The molecule has 0 atom stereocenters. The van der Waals surface area contributed by atoms with Crippen LogP contribution < -0.4 is 9.47 Å². The average molecular weight is 310 g/mol. The van der Waals surface area contributed by atoms with Gasteiger partial charge in [0.05, 0.1) is 5.69 Å². The molecule has 0 saturated heterocycles. The molecule has 116 valence electrons. The first-order valence-electron chi connectivity index (χ1n) is 6.37. The van der Waals surface area contributed by atoms with E-state index in [0.29, 0.717) is 5.75 Å². The molecular formula is C14H12F2N2O4. The number of alkyl halides is 2. The molecular weight excluding hydrogens is 298 g/mol. The standard InChI is InChI=1S/C14H12F2N2O4/c1-14(15,16)8-4-12-11(21-6-22-12)3-7(8)10-5-9(13(19)20)17-18(10)2/h3-5H,6H2,1-2H3,(H,19,20). The van der Waals surface area contributed by atoms with Crippen molar-refractivity contribution in [1.82, 2.24) is 9.78 Å². The molecule has 2 heterocycles. The number of benzene rings is 1. The Morgan fingerprint density at radius 3 is 2.50 bits per heavy atom. The number of aromatic nitrogens is 2. The summed E-state index contributed by atoms with van der Waals surface area (Å²) in [6.07, 6.45) is 0. The molecule has 8 heteroatoms. The van der Waals surface area contributed by atoms with Crippen LogP contribution in [0.1, 0.15) is 23.0 Å². The molecule has 0 saturated carbocycles. The topological polar surface area (TPSA) is 73.6 Å². The van der Waals surface area contributed by atoms with Crippen molar-refractivity contribution >= 4 is 5.97 Å². The number of carbonyl (C=O) groups is 1. The van der Waals surface area contributed by atoms with Crippen LogP contribution in [-0.2, 0) is 13.0 Å². The van der Waals surface area contributed by atoms with Crippen molar-refractivity contribution in [2.45, 2.75) is 12.8 Å². The van der Waals surface area contributed by atoms with E-state index in [1.165, 1.54) is 29.9 Å². The van der Waals surface area contributed by atoms with Crippen molar-refractivity contribution in [2.75, 3.05) is 6.79 Å². The monoisotopic (exact) mass is 310 g/mol. The van der Waals surface area contributed by atoms with Gasteiger partial charge >= 0.3 is 5.97 Å². The first-order valence-corrected chi connectivity index (χ1v) is 6.37. The maximum atomic E-state index is 13.9. The van der Waals surface area contributed by atoms with Gasteiger partial charge in [0, 0.05) is 25.1 Å². The van der Waals surface area contributed by atoms with Gasteiger partial charge in [0.2, 0.25) is 6.79 Å². The minimum atomic E-state index is -3.13. The number of rotatable bonds is 3. The molecule has 1 aliphatic rings. The smallest absolute Gasteiger partial charge is 0.356 e. The second-order valence-electron chi connectivity index (χ2n) is 4.98. The maximum absolute atomic E-state index is 13.9. The van der Waals surface area contributed by atoms with Crippen molar-refractivity contribution in [3.05, 3.63) is 29.5 Å². The Morgan fingerprint density at radius 2 is 1.95 bits per heavy atom. The number of hydrogen-bond acceptors (Lipinski definition) is 4. The van der Waals surface area contributed by atoms with Crippen LogP contribution >= 0.6 is 0 Å². The number of carboxylic acids is 1. The van der Waals surface area contributed by atoms with Crippen molar-refractivity contribution in [2.24, 2.45) is 7.05 Å². The number of fused-ring (bicyclic) bond motifs is 1. The summed E-state index contributed by atoms with van der Waals surface area (Å²) in [5.41, 5.74) is -0.0938. The fraction of sp³-hybridized carbons (Fsp3) is 0.286. The quantitative estimate of drug-likeness (QED) is 0.943. The largest absolute Gasteiger partial charge is 0.476 e. The Labute approximate surface area is 123 Å². The minimum absolute atomic E-state index is 0.0424. The summed E-state index contributed by atoms with van der Waals surface area (Å²) >= 11 is 0. The lowest BCUT2D eigenvalue weighted by Crippen LogP contribution is -2.10. The number of carboxylic acid groups (broad SMARTS) is 1. The number of aromatic carboxylic acids is 1. The highest BCUT2D eigenvalue weighted by Crippen LogP contribution is 2.44. The van der Waals surface area contributed by atoms with Gasteiger partial charge in [0.1, 0.15) is 0 Å². The average Bonchev–Trinajstić information content (AvgIpc) is 3.01. The Bertz CT molecular complexity index is 765. The molecule has 22 heavy (non-hydrogen) atoms. The van der Waals surface area contributed by atoms with E-state index in [-0.39, 0.29) is 35.1 Å². The summed E-state index contributed by atoms with van der Waals surface area (Å²) in [5.74, 6) is -3.79. The number of nitrogens with zero attached hydrogens (tertiary/aromatic N) is 2. The van der Waals surface area contributed by atoms with E-state index in [4.69, 9.17) is 14.6 Å². The summed E-state index contributed by atoms with van der Waals surface area (Å²) in [7, 11) is 1.49. The Hall–Kier alpha value is -2.64. The molecule has 1 aromatic carbocycles. The molecule has 0 fully saturated rings. The van der Waals surface area contributed by atoms with E-state index in [9.17, 15) is 13.6 Å². The highest BCUT2D eigenvalue weighted by molar-refractivity contribution is 5.87. The second-order valence-corrected chi connectivity index (χ2v) is 4.98. The van der Waals surface area contributed by atoms with Crippen molar-refractivity contribution in [1.29, 1.82) is 0 Å². The third-order valence-corrected chi connectivity index (χ3v) is 3.36. The third kappa shape index (κ3) is 2.26. The number of hydrogen-bond donors (Lipinski definition) is 1. The van der Waals surface area contributed by atoms with E-state index >= 15 is 0 Å². The van der Waals surface area contributed by atoms with E-state index in [2.05, 4.69) is 5.10 Å². The summed E-state index contributed by atoms with van der Waals surface area (Å²) in [6.45, 7) is 0.724. The lowest BCUT2D eigenvalue weighted by molar-refractivity contribution is 0.0178. The van der Waals surface area contributed by atoms with Gasteiger partial charge < -0.3 is 14.6 Å². The maximum Gasteiger partial charge on any atom is 0.356 e. The predicted molar refractivity (Wildman–Crippen MR) is 71.3 cm³/mol. The van der Waals surface area contributed by atoms with Gasteiger partial charge in [-0.1, -0.05) is 0 Å². The van der Waals surface area contributed by atoms with Crippen LogP contribution in [0.5, 0.6) is 11.5 Å². The Kier molecular flexibility index (Phi) is 3.05. The van der Waals surface area contributed by atoms with Gasteiger partial charge in [0.25, 0.3) is 5.92 Å². The van der Waals surface area contributed by atoms with Crippen LogP contribution in [0, 0.1) is 0 Å². The zero-order valence-electron chi connectivity index (χ0n) is 11.8. The minimum Gasteiger partial charge on any atom is -0.476 e. The van der Waals surface area contributed by atoms with Crippen LogP contribution in [0.4, 0.5) is 8.78 Å². The van der Waals surface area contributed by atoms with E-state index in [0.717, 1.165) is 6.92 Å². The fourth-order valence-corrected chi connectivity index (χ4v) is 2.34. The zero-order valence-corrected chi connectivity index (χ0v) is 11.8. The van der Waals surface area contributed by atoms with Crippen molar-refractivity contribution in [3.63, 3.8) is 0 Å². The molecule has 6 nitrogen and oxygen atoms in total. The lowest BCUT2D eigenvalue weighted by Gasteiger charge is -2.16. The highest BCUT2D eigenvalue weighted by Gasteiger charge is 2.32. The van der Waals surface area contributed by atoms with Crippen LogP contribution in [-0.4, -0.2) is 27.6 Å². The Morgan fingerprint density at radius 1 is 1.32 bits per heavy atom. The molecule has 0 spiro atoms. The second kappa shape index (κ2) is 4.69. The third-order valence-electron chi connectivity index (χ3n) is 3.36. The molecule has 0 aliphatic carbocycles. The molecule has 0 bridgehead atoms. The first-order chi connectivity index (χ1) is 10.3. The fourth-order valence-electron chi connectivity index (χ4n) is 2.34. The number of ether oxygens (including phenoxy) is 2. The molecule has 1 N–H and O–H groups in total. The molecule has 2 aromatic rings. The first kappa shape index (κ1) is 14.3. The molecule has 0 radical (unpaired) electrons. The van der Waals surface area contributed by atoms with Crippen molar-refractivity contribution < 1.29 is 28.2 Å². The van der Waals surface area contributed by atoms with Gasteiger partial charge in [-0.3, -0.25) is 4.68 Å². The number of halogens is 2. The summed E-state index contributed by atoms with van der Waals surface area (Å²) in [5, 5.41) is 12.8. The Balaban J connectivity index is 2.23. The van der Waals surface area contributed by atoms with Gasteiger partial charge in [-0.15, -0.1) is 0 Å². The number of aryl methyl sites for hydroxylation is 1. The summed E-state index contributed by atoms with van der Waals surface area (Å²) in [4.78, 5) is 11.0. The van der Waals surface area contributed by atoms with Gasteiger partial charge in [0.15, 0.2) is 17.2 Å². The predicted octanol–water partition coefficient (Wildman–Crippen LogP) is 2.63. The molecule has 3 rings (SSSR count). The summed E-state index contributed by atoms with van der Waals surface area (Å²) < 4.78 is 39.4. The van der Waals surface area contributed by atoms with E-state index in [1.807, 2.05) is 0 Å². The van der Waals surface area contributed by atoms with E-state index < -0.39 is 11.9 Å². The van der Waals surface area contributed by atoms with Crippen LogP contribution in [0.15, 0.2) is 18.2 Å². The molecule has 1 aliphatic heterocycles. The van der Waals surface area contributed by atoms with Gasteiger partial charge in [-0.2, -0.15) is 5.10 Å². The molecule has 0 unspecified atom stereocenters. The van der Waals surface area contributed by atoms with Crippen molar-refractivity contribution in [3.8, 4) is 22.8 Å². The van der Waals surface area contributed by atoms with Crippen LogP contribution in [0.3, 0.4) is 0 Å². The van der Waals surface area contributed by atoms with Crippen LogP contribution in [0.25, 0.3) is 11.3 Å². The normalized spacial score (nSPS) is 13.5. The summed E-state index contributed by atoms with van der Waals surface area (Å²) in [6, 6.07) is 3.87.